The molecule has 5 heteroatoms. The smallest absolute Gasteiger partial charge is 0.322 e. The lowest BCUT2D eigenvalue weighted by atomic mass is 10.1. The highest BCUT2D eigenvalue weighted by Gasteiger charge is 2.20. The molecule has 0 atom stereocenters. The predicted octanol–water partition coefficient (Wildman–Crippen LogP) is 2.81. The Balaban J connectivity index is 2.80. The van der Waals surface area contributed by atoms with E-state index in [0.29, 0.717) is 13.1 Å². The van der Waals surface area contributed by atoms with Crippen molar-refractivity contribution in [2.24, 2.45) is 5.73 Å². The molecule has 0 saturated carbocycles. The average molecular weight is 267 g/mol. The Morgan fingerprint density at radius 2 is 2.00 bits per heavy atom. The Morgan fingerprint density at radius 1 is 1.37 bits per heavy atom. The van der Waals surface area contributed by atoms with Gasteiger partial charge in [0.1, 0.15) is 5.82 Å². The van der Waals surface area contributed by atoms with Crippen molar-refractivity contribution < 1.29 is 9.18 Å². The van der Waals surface area contributed by atoms with Gasteiger partial charge in [-0.05, 0) is 25.0 Å². The molecule has 4 nitrogen and oxygen atoms in total. The number of nitrogens with one attached hydrogen (secondary N) is 1. The monoisotopic (exact) mass is 267 g/mol. The third kappa shape index (κ3) is 4.21. The van der Waals surface area contributed by atoms with Gasteiger partial charge in [-0.2, -0.15) is 0 Å². The van der Waals surface area contributed by atoms with Gasteiger partial charge in [0, 0.05) is 19.1 Å². The van der Waals surface area contributed by atoms with Gasteiger partial charge >= 0.3 is 6.03 Å². The van der Waals surface area contributed by atoms with Gasteiger partial charge in [-0.25, -0.2) is 9.18 Å². The van der Waals surface area contributed by atoms with E-state index in [2.05, 4.69) is 5.32 Å². The third-order valence-electron chi connectivity index (χ3n) is 3.13. The molecule has 19 heavy (non-hydrogen) atoms. The Bertz CT molecular complexity index is 407. The maximum Gasteiger partial charge on any atom is 0.322 e. The lowest BCUT2D eigenvalue weighted by molar-refractivity contribution is 0.185. The number of hydrogen-bond donors (Lipinski definition) is 2. The van der Waals surface area contributed by atoms with Crippen LogP contribution < -0.4 is 11.1 Å². The van der Waals surface area contributed by atoms with Gasteiger partial charge in [0.2, 0.25) is 0 Å². The molecule has 2 amide bonds. The lowest BCUT2D eigenvalue weighted by Crippen LogP contribution is -2.45. The van der Waals surface area contributed by atoms with Gasteiger partial charge in [-0.3, -0.25) is 0 Å². The van der Waals surface area contributed by atoms with Gasteiger partial charge in [-0.15, -0.1) is 0 Å². The minimum absolute atomic E-state index is 0.121. The molecule has 0 spiro atoms. The molecular weight excluding hydrogens is 245 g/mol. The van der Waals surface area contributed by atoms with E-state index in [9.17, 15) is 9.18 Å². The van der Waals surface area contributed by atoms with Crippen LogP contribution in [0.25, 0.3) is 0 Å². The topological polar surface area (TPSA) is 58.4 Å². The zero-order valence-corrected chi connectivity index (χ0v) is 11.5. The standard InChI is InChI=1S/C14H22FN3O/c1-3-11(4-2)18(10-9-16)14(19)17-13-8-6-5-7-12(13)15/h5-8,11H,3-4,9-10,16H2,1-2H3,(H,17,19). The van der Waals surface area contributed by atoms with Crippen LogP contribution in [0.1, 0.15) is 26.7 Å². The highest BCUT2D eigenvalue weighted by molar-refractivity contribution is 5.89. The number of benzene rings is 1. The van der Waals surface area contributed by atoms with Gasteiger partial charge in [0.05, 0.1) is 5.69 Å². The number of rotatable bonds is 6. The van der Waals surface area contributed by atoms with Crippen LogP contribution in [0.3, 0.4) is 0 Å². The van der Waals surface area contributed by atoms with E-state index in [0.717, 1.165) is 12.8 Å². The lowest BCUT2D eigenvalue weighted by Gasteiger charge is -2.30. The highest BCUT2D eigenvalue weighted by Crippen LogP contribution is 2.15. The Labute approximate surface area is 113 Å². The van der Waals surface area contributed by atoms with Gasteiger partial charge in [0.15, 0.2) is 0 Å². The van der Waals surface area contributed by atoms with E-state index in [1.54, 1.807) is 23.1 Å². The van der Waals surface area contributed by atoms with Crippen LogP contribution in [0.2, 0.25) is 0 Å². The van der Waals surface area contributed by atoms with Crippen molar-refractivity contribution in [3.05, 3.63) is 30.1 Å². The maximum absolute atomic E-state index is 13.5. The summed E-state index contributed by atoms with van der Waals surface area (Å²) in [4.78, 5) is 13.9. The number of carbonyl (C=O) groups is 1. The number of carbonyl (C=O) groups excluding carboxylic acids is 1. The first-order chi connectivity index (χ1) is 9.13. The Hall–Kier alpha value is -1.62. The largest absolute Gasteiger partial charge is 0.329 e. The third-order valence-corrected chi connectivity index (χ3v) is 3.13. The summed E-state index contributed by atoms with van der Waals surface area (Å²) < 4.78 is 13.5. The van der Waals surface area contributed by atoms with Gasteiger partial charge in [-0.1, -0.05) is 26.0 Å². The van der Waals surface area contributed by atoms with Gasteiger partial charge < -0.3 is 16.0 Å². The van der Waals surface area contributed by atoms with Crippen molar-refractivity contribution in [3.8, 4) is 0 Å². The van der Waals surface area contributed by atoms with E-state index in [1.165, 1.54) is 6.07 Å². The molecule has 0 fully saturated rings. The molecule has 0 heterocycles. The van der Waals surface area contributed by atoms with E-state index in [-0.39, 0.29) is 17.8 Å². The van der Waals surface area contributed by atoms with Crippen molar-refractivity contribution in [2.75, 3.05) is 18.4 Å². The number of urea groups is 1. The van der Waals surface area contributed by atoms with Crippen molar-refractivity contribution in [1.29, 1.82) is 0 Å². The number of hydrogen-bond acceptors (Lipinski definition) is 2. The van der Waals surface area contributed by atoms with Crippen molar-refractivity contribution in [3.63, 3.8) is 0 Å². The molecule has 0 aliphatic carbocycles. The van der Waals surface area contributed by atoms with Crippen molar-refractivity contribution in [1.82, 2.24) is 4.90 Å². The molecule has 1 aromatic rings. The number of nitrogens with two attached hydrogens (primary N) is 1. The predicted molar refractivity (Wildman–Crippen MR) is 75.5 cm³/mol. The molecular formula is C14H22FN3O. The van der Waals surface area contributed by atoms with Crippen molar-refractivity contribution >= 4 is 11.7 Å². The second-order valence-corrected chi connectivity index (χ2v) is 4.36. The minimum Gasteiger partial charge on any atom is -0.329 e. The zero-order chi connectivity index (χ0) is 14.3. The van der Waals surface area contributed by atoms with Crippen LogP contribution in [0, 0.1) is 5.82 Å². The molecule has 1 aromatic carbocycles. The molecule has 0 aliphatic rings. The van der Waals surface area contributed by atoms with Crippen LogP contribution in [0.4, 0.5) is 14.9 Å². The summed E-state index contributed by atoms with van der Waals surface area (Å²) >= 11 is 0. The van der Waals surface area contributed by atoms with Crippen LogP contribution in [0.5, 0.6) is 0 Å². The zero-order valence-electron chi connectivity index (χ0n) is 11.5. The first-order valence-electron chi connectivity index (χ1n) is 6.66. The van der Waals surface area contributed by atoms with Gasteiger partial charge in [0.25, 0.3) is 0 Å². The SMILES string of the molecule is CCC(CC)N(CCN)C(=O)Nc1ccccc1F. The minimum atomic E-state index is -0.437. The molecule has 106 valence electrons. The number of anilines is 1. The fourth-order valence-electron chi connectivity index (χ4n) is 2.07. The molecule has 0 bridgehead atoms. The number of nitrogens with zero attached hydrogens (tertiary/aromatic N) is 1. The van der Waals surface area contributed by atoms with Crippen LogP contribution >= 0.6 is 0 Å². The summed E-state index contributed by atoms with van der Waals surface area (Å²) in [7, 11) is 0. The fraction of sp³-hybridized carbons (Fsp3) is 0.500. The summed E-state index contributed by atoms with van der Waals surface area (Å²) in [6.07, 6.45) is 1.70. The summed E-state index contributed by atoms with van der Waals surface area (Å²) in [5.74, 6) is -0.437. The summed E-state index contributed by atoms with van der Waals surface area (Å²) in [6.45, 7) is 4.90. The molecule has 0 aromatic heterocycles. The Kier molecular flexibility index (Phi) is 6.29. The first kappa shape index (κ1) is 15.4. The number of amides is 2. The number of para-hydroxylation sites is 1. The summed E-state index contributed by atoms with van der Waals surface area (Å²) in [5.41, 5.74) is 5.74. The molecule has 3 N–H and O–H groups in total. The fourth-order valence-corrected chi connectivity index (χ4v) is 2.07. The highest BCUT2D eigenvalue weighted by atomic mass is 19.1. The molecule has 0 radical (unpaired) electrons. The molecule has 0 unspecified atom stereocenters. The van der Waals surface area contributed by atoms with Crippen molar-refractivity contribution in [2.45, 2.75) is 32.7 Å². The van der Waals surface area contributed by atoms with E-state index < -0.39 is 5.82 Å². The second kappa shape index (κ2) is 7.74. The maximum atomic E-state index is 13.5. The van der Waals surface area contributed by atoms with E-state index >= 15 is 0 Å². The van der Waals surface area contributed by atoms with E-state index in [1.807, 2.05) is 13.8 Å². The quantitative estimate of drug-likeness (QED) is 0.832. The van der Waals surface area contributed by atoms with Crippen LogP contribution in [0.15, 0.2) is 24.3 Å². The van der Waals surface area contributed by atoms with Crippen LogP contribution in [-0.2, 0) is 0 Å². The molecule has 0 saturated heterocycles. The summed E-state index contributed by atoms with van der Waals surface area (Å²) in [5, 5.41) is 2.60. The Morgan fingerprint density at radius 3 is 2.53 bits per heavy atom. The van der Waals surface area contributed by atoms with E-state index in [4.69, 9.17) is 5.73 Å². The first-order valence-corrected chi connectivity index (χ1v) is 6.66. The summed E-state index contributed by atoms with van der Waals surface area (Å²) in [6, 6.07) is 5.95. The van der Waals surface area contributed by atoms with Crippen LogP contribution in [-0.4, -0.2) is 30.1 Å². The average Bonchev–Trinajstić information content (AvgIpc) is 2.41. The normalized spacial score (nSPS) is 10.6. The second-order valence-electron chi connectivity index (χ2n) is 4.36. The molecule has 0 aliphatic heterocycles. The molecule has 1 rings (SSSR count). The number of halogens is 1.